The monoisotopic (exact) mass is 383 g/mol. The lowest BCUT2D eigenvalue weighted by atomic mass is 10.1. The molecule has 2 aromatic rings. The van der Waals surface area contributed by atoms with Crippen molar-refractivity contribution in [2.24, 2.45) is 4.99 Å². The predicted molar refractivity (Wildman–Crippen MR) is 116 cm³/mol. The average Bonchev–Trinajstić information content (AvgIpc) is 2.72. The third kappa shape index (κ3) is 7.19. The maximum absolute atomic E-state index is 5.57. The highest BCUT2D eigenvalue weighted by Gasteiger charge is 2.10. The van der Waals surface area contributed by atoms with E-state index >= 15 is 0 Å². The van der Waals surface area contributed by atoms with Gasteiger partial charge in [0.25, 0.3) is 0 Å². The summed E-state index contributed by atoms with van der Waals surface area (Å²) >= 11 is 0. The van der Waals surface area contributed by atoms with E-state index in [1.54, 1.807) is 13.2 Å². The molecule has 0 radical (unpaired) electrons. The van der Waals surface area contributed by atoms with Gasteiger partial charge in [-0.05, 0) is 38.9 Å². The SMILES string of the molecule is CCOc1ncccc1CNC(=NC)NCCC(C)N(C)Cc1ccccc1. The minimum absolute atomic E-state index is 0.466. The van der Waals surface area contributed by atoms with Gasteiger partial charge >= 0.3 is 0 Å². The van der Waals surface area contributed by atoms with Crippen molar-refractivity contribution < 1.29 is 4.74 Å². The van der Waals surface area contributed by atoms with Gasteiger partial charge in [0, 0.05) is 44.5 Å². The van der Waals surface area contributed by atoms with Crippen LogP contribution in [0.3, 0.4) is 0 Å². The number of hydrogen-bond acceptors (Lipinski definition) is 4. The molecule has 28 heavy (non-hydrogen) atoms. The fraction of sp³-hybridized carbons (Fsp3) is 0.455. The molecule has 1 atom stereocenters. The summed E-state index contributed by atoms with van der Waals surface area (Å²) in [5.41, 5.74) is 2.35. The lowest BCUT2D eigenvalue weighted by Crippen LogP contribution is -2.39. The van der Waals surface area contributed by atoms with Gasteiger partial charge in [-0.15, -0.1) is 0 Å². The van der Waals surface area contributed by atoms with Crippen LogP contribution in [0.15, 0.2) is 53.7 Å². The number of aliphatic imine (C=N–C) groups is 1. The Labute approximate surface area is 169 Å². The maximum Gasteiger partial charge on any atom is 0.218 e. The molecule has 152 valence electrons. The van der Waals surface area contributed by atoms with Crippen LogP contribution in [0.2, 0.25) is 0 Å². The molecule has 1 aromatic carbocycles. The summed E-state index contributed by atoms with van der Waals surface area (Å²) in [7, 11) is 3.95. The second-order valence-electron chi connectivity index (χ2n) is 6.79. The molecule has 1 aromatic heterocycles. The van der Waals surface area contributed by atoms with Gasteiger partial charge in [-0.2, -0.15) is 0 Å². The van der Waals surface area contributed by atoms with Crippen molar-refractivity contribution in [3.8, 4) is 5.88 Å². The molecule has 0 fully saturated rings. The van der Waals surface area contributed by atoms with E-state index in [1.807, 2.05) is 19.1 Å². The van der Waals surface area contributed by atoms with E-state index in [0.717, 1.165) is 31.0 Å². The minimum Gasteiger partial charge on any atom is -0.478 e. The number of nitrogens with zero attached hydrogens (tertiary/aromatic N) is 3. The number of pyridine rings is 1. The number of nitrogens with one attached hydrogen (secondary N) is 2. The normalized spacial score (nSPS) is 12.7. The van der Waals surface area contributed by atoms with Gasteiger partial charge in [0.05, 0.1) is 6.61 Å². The highest BCUT2D eigenvalue weighted by molar-refractivity contribution is 5.79. The second kappa shape index (κ2) is 12.0. The molecule has 2 N–H and O–H groups in total. The highest BCUT2D eigenvalue weighted by Crippen LogP contribution is 2.13. The first-order valence-electron chi connectivity index (χ1n) is 9.89. The Bertz CT molecular complexity index is 720. The molecular weight excluding hydrogens is 350 g/mol. The first-order chi connectivity index (χ1) is 13.6. The Balaban J connectivity index is 1.75. The van der Waals surface area contributed by atoms with Gasteiger partial charge in [-0.3, -0.25) is 9.89 Å². The minimum atomic E-state index is 0.466. The molecule has 0 aliphatic carbocycles. The average molecular weight is 384 g/mol. The van der Waals surface area contributed by atoms with Gasteiger partial charge in [-0.25, -0.2) is 4.98 Å². The lowest BCUT2D eigenvalue weighted by Gasteiger charge is -2.25. The summed E-state index contributed by atoms with van der Waals surface area (Å²) in [6, 6.07) is 15.0. The summed E-state index contributed by atoms with van der Waals surface area (Å²) < 4.78 is 5.57. The van der Waals surface area contributed by atoms with Gasteiger partial charge in [-0.1, -0.05) is 36.4 Å². The third-order valence-corrected chi connectivity index (χ3v) is 4.68. The molecule has 2 rings (SSSR count). The zero-order valence-corrected chi connectivity index (χ0v) is 17.5. The van der Waals surface area contributed by atoms with Crippen LogP contribution in [0, 0.1) is 0 Å². The highest BCUT2D eigenvalue weighted by atomic mass is 16.5. The van der Waals surface area contributed by atoms with Gasteiger partial charge in [0.2, 0.25) is 5.88 Å². The number of guanidine groups is 1. The Hall–Kier alpha value is -2.60. The maximum atomic E-state index is 5.57. The van der Waals surface area contributed by atoms with Crippen molar-refractivity contribution in [2.45, 2.75) is 39.4 Å². The Morgan fingerprint density at radius 1 is 1.18 bits per heavy atom. The first-order valence-corrected chi connectivity index (χ1v) is 9.89. The van der Waals surface area contributed by atoms with Crippen LogP contribution in [0.5, 0.6) is 5.88 Å². The molecule has 1 unspecified atom stereocenters. The van der Waals surface area contributed by atoms with E-state index in [9.17, 15) is 0 Å². The number of ether oxygens (including phenoxy) is 1. The van der Waals surface area contributed by atoms with Crippen LogP contribution in [0.4, 0.5) is 0 Å². The van der Waals surface area contributed by atoms with Crippen molar-refractivity contribution in [3.63, 3.8) is 0 Å². The third-order valence-electron chi connectivity index (χ3n) is 4.68. The van der Waals surface area contributed by atoms with Gasteiger partial charge < -0.3 is 15.4 Å². The largest absolute Gasteiger partial charge is 0.478 e. The molecule has 0 bridgehead atoms. The van der Waals surface area contributed by atoms with Crippen LogP contribution in [-0.4, -0.2) is 49.1 Å². The Morgan fingerprint density at radius 3 is 2.68 bits per heavy atom. The van der Waals surface area contributed by atoms with E-state index in [0.29, 0.717) is 25.1 Å². The van der Waals surface area contributed by atoms with E-state index in [1.165, 1.54) is 5.56 Å². The van der Waals surface area contributed by atoms with E-state index in [-0.39, 0.29) is 0 Å². The Kier molecular flexibility index (Phi) is 9.28. The Morgan fingerprint density at radius 2 is 1.96 bits per heavy atom. The zero-order chi connectivity index (χ0) is 20.2. The van der Waals surface area contributed by atoms with E-state index < -0.39 is 0 Å². The van der Waals surface area contributed by atoms with Crippen molar-refractivity contribution >= 4 is 5.96 Å². The number of hydrogen-bond donors (Lipinski definition) is 2. The van der Waals surface area contributed by atoms with Crippen LogP contribution in [-0.2, 0) is 13.1 Å². The zero-order valence-electron chi connectivity index (χ0n) is 17.5. The van der Waals surface area contributed by atoms with Gasteiger partial charge in [0.15, 0.2) is 5.96 Å². The summed E-state index contributed by atoms with van der Waals surface area (Å²) in [5, 5.41) is 6.72. The van der Waals surface area contributed by atoms with Crippen LogP contribution in [0.25, 0.3) is 0 Å². The molecule has 6 heteroatoms. The molecule has 0 aliphatic heterocycles. The molecule has 0 amide bonds. The second-order valence-corrected chi connectivity index (χ2v) is 6.79. The van der Waals surface area contributed by atoms with E-state index in [2.05, 4.69) is 69.8 Å². The van der Waals surface area contributed by atoms with Crippen LogP contribution < -0.4 is 15.4 Å². The summed E-state index contributed by atoms with van der Waals surface area (Å²) in [6.07, 6.45) is 2.77. The van der Waals surface area contributed by atoms with Crippen molar-refractivity contribution in [2.75, 3.05) is 27.2 Å². The van der Waals surface area contributed by atoms with Gasteiger partial charge in [0.1, 0.15) is 0 Å². The smallest absolute Gasteiger partial charge is 0.218 e. The molecular formula is C22H33N5O. The summed E-state index contributed by atoms with van der Waals surface area (Å²) in [6.45, 7) is 7.24. The van der Waals surface area contributed by atoms with E-state index in [4.69, 9.17) is 4.74 Å². The van der Waals surface area contributed by atoms with Crippen LogP contribution in [0.1, 0.15) is 31.4 Å². The van der Waals surface area contributed by atoms with Crippen molar-refractivity contribution in [1.82, 2.24) is 20.5 Å². The molecule has 0 saturated carbocycles. The van der Waals surface area contributed by atoms with Crippen LogP contribution >= 0.6 is 0 Å². The predicted octanol–water partition coefficient (Wildman–Crippen LogP) is 3.06. The lowest BCUT2D eigenvalue weighted by molar-refractivity contribution is 0.238. The molecule has 0 saturated heterocycles. The quantitative estimate of drug-likeness (QED) is 0.488. The molecule has 0 spiro atoms. The van der Waals surface area contributed by atoms with Crippen molar-refractivity contribution in [3.05, 3.63) is 59.8 Å². The number of benzene rings is 1. The molecule has 0 aliphatic rings. The standard InChI is InChI=1S/C22H33N5O/c1-5-28-21-20(12-9-14-24-21)16-26-22(23-3)25-15-13-18(2)27(4)17-19-10-7-6-8-11-19/h6-12,14,18H,5,13,15-17H2,1-4H3,(H2,23,25,26). The number of rotatable bonds is 10. The van der Waals surface area contributed by atoms with Crippen molar-refractivity contribution in [1.29, 1.82) is 0 Å². The first kappa shape index (κ1) is 21.7. The summed E-state index contributed by atoms with van der Waals surface area (Å²) in [5.74, 6) is 1.45. The summed E-state index contributed by atoms with van der Waals surface area (Å²) in [4.78, 5) is 11.0. The molecule has 6 nitrogen and oxygen atoms in total. The fourth-order valence-corrected chi connectivity index (χ4v) is 2.87. The topological polar surface area (TPSA) is 61.8 Å². The fourth-order valence-electron chi connectivity index (χ4n) is 2.87. The molecule has 1 heterocycles. The number of aromatic nitrogens is 1.